The van der Waals surface area contributed by atoms with Gasteiger partial charge in [0.25, 0.3) is 11.6 Å². The maximum atomic E-state index is 12.6. The molecule has 0 unspecified atom stereocenters. The second-order valence-corrected chi connectivity index (χ2v) is 6.84. The Morgan fingerprint density at radius 3 is 2.62 bits per heavy atom. The van der Waals surface area contributed by atoms with Gasteiger partial charge in [0, 0.05) is 47.5 Å². The van der Waals surface area contributed by atoms with Gasteiger partial charge in [-0.15, -0.1) is 0 Å². The minimum absolute atomic E-state index is 0.0659. The number of likely N-dealkylation sites (tertiary alicyclic amines) is 1. The molecule has 0 saturated carbocycles. The van der Waals surface area contributed by atoms with Crippen molar-refractivity contribution in [2.75, 3.05) is 18.4 Å². The number of carbonyl (C=O) groups is 1. The average molecular weight is 374 g/mol. The van der Waals surface area contributed by atoms with Gasteiger partial charge in [0.2, 0.25) is 0 Å². The number of benzene rings is 2. The first-order chi connectivity index (χ1) is 12.5. The first-order valence-corrected chi connectivity index (χ1v) is 8.89. The Balaban J connectivity index is 1.61. The van der Waals surface area contributed by atoms with Crippen molar-refractivity contribution in [1.82, 2.24) is 4.90 Å². The van der Waals surface area contributed by atoms with E-state index in [-0.39, 0.29) is 17.6 Å². The van der Waals surface area contributed by atoms with Crippen LogP contribution >= 0.6 is 11.6 Å². The van der Waals surface area contributed by atoms with Crippen LogP contribution in [0.3, 0.4) is 0 Å². The highest BCUT2D eigenvalue weighted by Gasteiger charge is 2.24. The quantitative estimate of drug-likeness (QED) is 0.641. The Morgan fingerprint density at radius 1 is 1.23 bits per heavy atom. The van der Waals surface area contributed by atoms with Crippen molar-refractivity contribution in [1.29, 1.82) is 0 Å². The lowest BCUT2D eigenvalue weighted by Gasteiger charge is -2.33. The van der Waals surface area contributed by atoms with Crippen molar-refractivity contribution in [2.24, 2.45) is 0 Å². The highest BCUT2D eigenvalue weighted by atomic mass is 35.5. The van der Waals surface area contributed by atoms with E-state index >= 15 is 0 Å². The van der Waals surface area contributed by atoms with Gasteiger partial charge in [0.15, 0.2) is 0 Å². The molecule has 0 atom stereocenters. The molecule has 1 N–H and O–H groups in total. The summed E-state index contributed by atoms with van der Waals surface area (Å²) in [7, 11) is 0. The number of nitro benzene ring substituents is 1. The van der Waals surface area contributed by atoms with Crippen LogP contribution in [0.2, 0.25) is 5.02 Å². The number of hydrogen-bond acceptors (Lipinski definition) is 4. The van der Waals surface area contributed by atoms with Crippen LogP contribution in [-0.2, 0) is 0 Å². The van der Waals surface area contributed by atoms with Crippen LogP contribution in [0.5, 0.6) is 0 Å². The van der Waals surface area contributed by atoms with Crippen LogP contribution in [0, 0.1) is 17.0 Å². The minimum atomic E-state index is -0.486. The lowest BCUT2D eigenvalue weighted by molar-refractivity contribution is -0.384. The van der Waals surface area contributed by atoms with Crippen LogP contribution in [-0.4, -0.2) is 34.9 Å². The van der Waals surface area contributed by atoms with Crippen molar-refractivity contribution in [3.05, 3.63) is 68.7 Å². The Morgan fingerprint density at radius 2 is 1.92 bits per heavy atom. The van der Waals surface area contributed by atoms with Gasteiger partial charge in [-0.05, 0) is 43.5 Å². The van der Waals surface area contributed by atoms with Crippen LogP contribution in [0.15, 0.2) is 42.5 Å². The van der Waals surface area contributed by atoms with E-state index in [0.717, 1.165) is 29.1 Å². The van der Waals surface area contributed by atoms with E-state index in [1.165, 1.54) is 12.1 Å². The van der Waals surface area contributed by atoms with Gasteiger partial charge in [-0.1, -0.05) is 23.7 Å². The van der Waals surface area contributed by atoms with E-state index < -0.39 is 4.92 Å². The number of nitrogens with zero attached hydrogens (tertiary/aromatic N) is 2. The Hall–Kier alpha value is -2.60. The third kappa shape index (κ3) is 3.96. The van der Waals surface area contributed by atoms with Crippen LogP contribution in [0.25, 0.3) is 0 Å². The molecule has 1 aliphatic heterocycles. The van der Waals surface area contributed by atoms with Crippen LogP contribution < -0.4 is 5.32 Å². The molecule has 3 rings (SSSR count). The third-order valence-corrected chi connectivity index (χ3v) is 5.12. The summed E-state index contributed by atoms with van der Waals surface area (Å²) in [4.78, 5) is 24.8. The Kier molecular flexibility index (Phi) is 5.42. The van der Waals surface area contributed by atoms with Gasteiger partial charge in [-0.3, -0.25) is 14.9 Å². The summed E-state index contributed by atoms with van der Waals surface area (Å²) in [6.07, 6.45) is 1.62. The summed E-state index contributed by atoms with van der Waals surface area (Å²) in [5, 5.41) is 15.1. The zero-order chi connectivity index (χ0) is 18.7. The van der Waals surface area contributed by atoms with Gasteiger partial charge in [0.1, 0.15) is 0 Å². The van der Waals surface area contributed by atoms with Gasteiger partial charge < -0.3 is 10.2 Å². The third-order valence-electron chi connectivity index (χ3n) is 4.71. The molecule has 0 bridgehead atoms. The molecule has 2 aromatic carbocycles. The van der Waals surface area contributed by atoms with Gasteiger partial charge in [-0.25, -0.2) is 0 Å². The first kappa shape index (κ1) is 18.2. The molecule has 1 saturated heterocycles. The summed E-state index contributed by atoms with van der Waals surface area (Å²) in [6.45, 7) is 3.20. The molecule has 136 valence electrons. The number of anilines is 1. The second-order valence-electron chi connectivity index (χ2n) is 6.43. The number of rotatable bonds is 4. The number of hydrogen-bond donors (Lipinski definition) is 1. The number of carbonyl (C=O) groups excluding carboxylic acids is 1. The zero-order valence-electron chi connectivity index (χ0n) is 14.4. The number of non-ortho nitro benzene ring substituents is 1. The number of piperidine rings is 1. The molecular weight excluding hydrogens is 354 g/mol. The van der Waals surface area contributed by atoms with Gasteiger partial charge in [0.05, 0.1) is 4.92 Å². The van der Waals surface area contributed by atoms with Crippen molar-refractivity contribution >= 4 is 28.9 Å². The van der Waals surface area contributed by atoms with E-state index in [0.29, 0.717) is 18.7 Å². The smallest absolute Gasteiger partial charge is 0.270 e. The van der Waals surface area contributed by atoms with Crippen LogP contribution in [0.1, 0.15) is 28.8 Å². The van der Waals surface area contributed by atoms with Crippen molar-refractivity contribution in [3.63, 3.8) is 0 Å². The molecule has 0 radical (unpaired) electrons. The second kappa shape index (κ2) is 7.74. The lowest BCUT2D eigenvalue weighted by atomic mass is 10.0. The number of nitrogens with one attached hydrogen (secondary N) is 1. The molecule has 7 heteroatoms. The topological polar surface area (TPSA) is 75.5 Å². The molecule has 0 spiro atoms. The Bertz CT molecular complexity index is 833. The minimum Gasteiger partial charge on any atom is -0.382 e. The van der Waals surface area contributed by atoms with E-state index in [4.69, 9.17) is 11.6 Å². The highest BCUT2D eigenvalue weighted by Crippen LogP contribution is 2.26. The summed E-state index contributed by atoms with van der Waals surface area (Å²) >= 11 is 6.16. The predicted octanol–water partition coefficient (Wildman–Crippen LogP) is 4.27. The fourth-order valence-electron chi connectivity index (χ4n) is 3.15. The fraction of sp³-hybridized carbons (Fsp3) is 0.316. The highest BCUT2D eigenvalue weighted by molar-refractivity contribution is 6.31. The van der Waals surface area contributed by atoms with Crippen molar-refractivity contribution < 1.29 is 9.72 Å². The largest absolute Gasteiger partial charge is 0.382 e. The summed E-state index contributed by atoms with van der Waals surface area (Å²) in [5.41, 5.74) is 2.32. The van der Waals surface area contributed by atoms with Crippen molar-refractivity contribution in [3.8, 4) is 0 Å². The predicted molar refractivity (Wildman–Crippen MR) is 102 cm³/mol. The molecule has 1 aliphatic rings. The molecular formula is C19H20ClN3O3. The molecule has 26 heavy (non-hydrogen) atoms. The fourth-order valence-corrected chi connectivity index (χ4v) is 3.32. The summed E-state index contributed by atoms with van der Waals surface area (Å²) < 4.78 is 0. The van der Waals surface area contributed by atoms with Crippen molar-refractivity contribution in [2.45, 2.75) is 25.8 Å². The molecule has 0 aromatic heterocycles. The molecule has 2 aromatic rings. The maximum Gasteiger partial charge on any atom is 0.270 e. The lowest BCUT2D eigenvalue weighted by Crippen LogP contribution is -2.42. The Labute approximate surface area is 156 Å². The number of nitro groups is 1. The number of halogens is 1. The monoisotopic (exact) mass is 373 g/mol. The normalized spacial score (nSPS) is 14.9. The summed E-state index contributed by atoms with van der Waals surface area (Å²) in [5.74, 6) is -0.161. The molecule has 1 fully saturated rings. The molecule has 1 amide bonds. The molecule has 6 nitrogen and oxygen atoms in total. The molecule has 1 heterocycles. The number of amides is 1. The van der Waals surface area contributed by atoms with E-state index in [2.05, 4.69) is 5.32 Å². The van der Waals surface area contributed by atoms with Gasteiger partial charge in [-0.2, -0.15) is 0 Å². The summed E-state index contributed by atoms with van der Waals surface area (Å²) in [6, 6.07) is 11.9. The van der Waals surface area contributed by atoms with Gasteiger partial charge >= 0.3 is 0 Å². The standard InChI is InChI=1S/C19H20ClN3O3/c1-13-17(20)6-3-7-18(13)21-15-8-10-22(11-9-15)19(24)14-4-2-5-16(12-14)23(25)26/h2-7,12,15,21H,8-11H2,1H3. The molecule has 0 aliphatic carbocycles. The first-order valence-electron chi connectivity index (χ1n) is 8.51. The van der Waals surface area contributed by atoms with Crippen LogP contribution in [0.4, 0.5) is 11.4 Å². The zero-order valence-corrected chi connectivity index (χ0v) is 15.2. The van der Waals surface area contributed by atoms with E-state index in [9.17, 15) is 14.9 Å². The SMILES string of the molecule is Cc1c(Cl)cccc1NC1CCN(C(=O)c2cccc([N+](=O)[O-])c2)CC1. The van der Waals surface area contributed by atoms with E-state index in [1.807, 2.05) is 25.1 Å². The average Bonchev–Trinajstić information content (AvgIpc) is 2.65. The maximum absolute atomic E-state index is 12.6. The van der Waals surface area contributed by atoms with E-state index in [1.54, 1.807) is 17.0 Å².